The normalized spacial score (nSPS) is 11.0. The second-order valence-corrected chi connectivity index (χ2v) is 6.82. The third-order valence-electron chi connectivity index (χ3n) is 3.09. The van der Waals surface area contributed by atoms with Crippen LogP contribution in [0.1, 0.15) is 21.5 Å². The van der Waals surface area contributed by atoms with Crippen molar-refractivity contribution in [1.82, 2.24) is 5.32 Å². The van der Waals surface area contributed by atoms with E-state index in [4.69, 9.17) is 0 Å². The van der Waals surface area contributed by atoms with Crippen LogP contribution in [0.4, 0.5) is 5.69 Å². The van der Waals surface area contributed by atoms with E-state index in [1.807, 2.05) is 30.3 Å². The Balaban J connectivity index is 2.11. The highest BCUT2D eigenvalue weighted by Gasteiger charge is 2.10. The smallest absolute Gasteiger partial charge is 0.251 e. The van der Waals surface area contributed by atoms with E-state index in [2.05, 4.69) is 10.0 Å². The van der Waals surface area contributed by atoms with E-state index in [9.17, 15) is 13.2 Å². The van der Waals surface area contributed by atoms with E-state index in [0.717, 1.165) is 17.4 Å². The molecule has 1 amide bonds. The number of benzene rings is 2. The number of sulfonamides is 1. The Morgan fingerprint density at radius 2 is 1.77 bits per heavy atom. The highest BCUT2D eigenvalue weighted by Crippen LogP contribution is 2.18. The number of rotatable bonds is 5. The van der Waals surface area contributed by atoms with Crippen LogP contribution >= 0.6 is 0 Å². The van der Waals surface area contributed by atoms with E-state index in [1.165, 1.54) is 6.07 Å². The summed E-state index contributed by atoms with van der Waals surface area (Å²) in [5.41, 5.74) is 2.57. The van der Waals surface area contributed by atoms with E-state index >= 15 is 0 Å². The lowest BCUT2D eigenvalue weighted by molar-refractivity contribution is 0.0951. The molecule has 0 aliphatic rings. The molecule has 0 aliphatic carbocycles. The number of aryl methyl sites for hydroxylation is 1. The molecule has 0 spiro atoms. The zero-order valence-corrected chi connectivity index (χ0v) is 13.3. The van der Waals surface area contributed by atoms with Gasteiger partial charge in [-0.05, 0) is 30.2 Å². The molecule has 2 N–H and O–H groups in total. The molecule has 0 unspecified atom stereocenters. The fourth-order valence-electron chi connectivity index (χ4n) is 1.95. The summed E-state index contributed by atoms with van der Waals surface area (Å²) in [5.74, 6) is -0.250. The summed E-state index contributed by atoms with van der Waals surface area (Å²) in [7, 11) is -3.38. The first-order valence-electron chi connectivity index (χ1n) is 6.76. The maximum absolute atomic E-state index is 12.2. The Hall–Kier alpha value is -2.34. The van der Waals surface area contributed by atoms with E-state index in [0.29, 0.717) is 17.8 Å². The quantitative estimate of drug-likeness (QED) is 0.888. The first-order valence-corrected chi connectivity index (χ1v) is 8.65. The first kappa shape index (κ1) is 16.0. The summed E-state index contributed by atoms with van der Waals surface area (Å²) < 4.78 is 25.1. The van der Waals surface area contributed by atoms with Crippen LogP contribution in [-0.4, -0.2) is 20.6 Å². The molecule has 0 radical (unpaired) electrons. The zero-order valence-electron chi connectivity index (χ0n) is 12.5. The van der Waals surface area contributed by atoms with Crippen molar-refractivity contribution in [2.24, 2.45) is 0 Å². The minimum atomic E-state index is -3.38. The number of carbonyl (C=O) groups excluding carboxylic acids is 1. The second kappa shape index (κ2) is 6.62. The van der Waals surface area contributed by atoms with Gasteiger partial charge in [-0.1, -0.05) is 36.4 Å². The summed E-state index contributed by atoms with van der Waals surface area (Å²) >= 11 is 0. The van der Waals surface area contributed by atoms with Crippen molar-refractivity contribution in [2.75, 3.05) is 11.0 Å². The van der Waals surface area contributed by atoms with Crippen LogP contribution in [0.25, 0.3) is 0 Å². The average Bonchev–Trinajstić information content (AvgIpc) is 2.47. The Bertz CT molecular complexity index is 771. The Kier molecular flexibility index (Phi) is 4.82. The molecule has 116 valence electrons. The Labute approximate surface area is 130 Å². The molecule has 22 heavy (non-hydrogen) atoms. The fourth-order valence-corrected chi connectivity index (χ4v) is 2.57. The Morgan fingerprint density at radius 3 is 2.41 bits per heavy atom. The largest absolute Gasteiger partial charge is 0.348 e. The fraction of sp³-hybridized carbons (Fsp3) is 0.188. The minimum Gasteiger partial charge on any atom is -0.348 e. The first-order chi connectivity index (χ1) is 10.3. The summed E-state index contributed by atoms with van der Waals surface area (Å²) in [6.45, 7) is 2.20. The van der Waals surface area contributed by atoms with Gasteiger partial charge >= 0.3 is 0 Å². The lowest BCUT2D eigenvalue weighted by Crippen LogP contribution is -2.23. The van der Waals surface area contributed by atoms with Crippen molar-refractivity contribution in [3.05, 3.63) is 65.2 Å². The van der Waals surface area contributed by atoms with Gasteiger partial charge < -0.3 is 5.32 Å². The van der Waals surface area contributed by atoms with Crippen molar-refractivity contribution >= 4 is 21.6 Å². The molecule has 0 saturated carbocycles. The van der Waals surface area contributed by atoms with Crippen LogP contribution in [0, 0.1) is 6.92 Å². The van der Waals surface area contributed by atoms with Gasteiger partial charge in [-0.15, -0.1) is 0 Å². The Morgan fingerprint density at radius 1 is 1.09 bits per heavy atom. The predicted octanol–water partition coefficient (Wildman–Crippen LogP) is 2.30. The standard InChI is InChI=1S/C16H18N2O3S/c1-12-8-9-14(10-15(12)18-22(2,20)21)16(19)17-11-13-6-4-3-5-7-13/h3-10,18H,11H2,1-2H3,(H,17,19). The van der Waals surface area contributed by atoms with Gasteiger partial charge in [-0.3, -0.25) is 9.52 Å². The van der Waals surface area contributed by atoms with Crippen LogP contribution in [0.2, 0.25) is 0 Å². The van der Waals surface area contributed by atoms with Gasteiger partial charge in [0.25, 0.3) is 5.91 Å². The molecule has 2 rings (SSSR count). The topological polar surface area (TPSA) is 75.3 Å². The summed E-state index contributed by atoms with van der Waals surface area (Å²) in [6.07, 6.45) is 1.08. The van der Waals surface area contributed by atoms with E-state index in [-0.39, 0.29) is 5.91 Å². The summed E-state index contributed by atoms with van der Waals surface area (Å²) in [5, 5.41) is 2.81. The maximum atomic E-state index is 12.2. The monoisotopic (exact) mass is 318 g/mol. The van der Waals surface area contributed by atoms with Crippen molar-refractivity contribution in [1.29, 1.82) is 0 Å². The maximum Gasteiger partial charge on any atom is 0.251 e. The van der Waals surface area contributed by atoms with E-state index < -0.39 is 10.0 Å². The third kappa shape index (κ3) is 4.60. The molecular weight excluding hydrogens is 300 g/mol. The summed E-state index contributed by atoms with van der Waals surface area (Å²) in [6, 6.07) is 14.5. The molecular formula is C16H18N2O3S. The van der Waals surface area contributed by atoms with Gasteiger partial charge in [0.05, 0.1) is 11.9 Å². The number of nitrogens with one attached hydrogen (secondary N) is 2. The molecule has 0 bridgehead atoms. The van der Waals surface area contributed by atoms with Crippen molar-refractivity contribution in [3.63, 3.8) is 0 Å². The van der Waals surface area contributed by atoms with Crippen LogP contribution in [-0.2, 0) is 16.6 Å². The minimum absolute atomic E-state index is 0.250. The number of anilines is 1. The molecule has 0 atom stereocenters. The molecule has 2 aromatic carbocycles. The highest BCUT2D eigenvalue weighted by molar-refractivity contribution is 7.92. The predicted molar refractivity (Wildman–Crippen MR) is 87.3 cm³/mol. The van der Waals surface area contributed by atoms with Crippen LogP contribution in [0.15, 0.2) is 48.5 Å². The van der Waals surface area contributed by atoms with Crippen molar-refractivity contribution in [3.8, 4) is 0 Å². The lowest BCUT2D eigenvalue weighted by Gasteiger charge is -2.10. The van der Waals surface area contributed by atoms with Crippen molar-refractivity contribution < 1.29 is 13.2 Å². The average molecular weight is 318 g/mol. The molecule has 0 fully saturated rings. The van der Waals surface area contributed by atoms with Gasteiger partial charge in [0.15, 0.2) is 0 Å². The number of hydrogen-bond acceptors (Lipinski definition) is 3. The van der Waals surface area contributed by atoms with Gasteiger partial charge in [0.1, 0.15) is 0 Å². The van der Waals surface area contributed by atoms with Gasteiger partial charge in [0.2, 0.25) is 10.0 Å². The summed E-state index contributed by atoms with van der Waals surface area (Å²) in [4.78, 5) is 12.2. The van der Waals surface area contributed by atoms with Gasteiger partial charge in [0, 0.05) is 12.1 Å². The van der Waals surface area contributed by atoms with Crippen LogP contribution < -0.4 is 10.0 Å². The van der Waals surface area contributed by atoms with Crippen LogP contribution in [0.3, 0.4) is 0 Å². The lowest BCUT2D eigenvalue weighted by atomic mass is 10.1. The second-order valence-electron chi connectivity index (χ2n) is 5.07. The molecule has 5 nitrogen and oxygen atoms in total. The number of hydrogen-bond donors (Lipinski definition) is 2. The van der Waals surface area contributed by atoms with Crippen molar-refractivity contribution in [2.45, 2.75) is 13.5 Å². The molecule has 0 aliphatic heterocycles. The molecule has 6 heteroatoms. The molecule has 0 heterocycles. The molecule has 0 saturated heterocycles. The molecule has 2 aromatic rings. The zero-order chi connectivity index (χ0) is 16.2. The van der Waals surface area contributed by atoms with E-state index in [1.54, 1.807) is 19.1 Å². The van der Waals surface area contributed by atoms with Gasteiger partial charge in [-0.25, -0.2) is 8.42 Å². The van der Waals surface area contributed by atoms with Crippen LogP contribution in [0.5, 0.6) is 0 Å². The highest BCUT2D eigenvalue weighted by atomic mass is 32.2. The third-order valence-corrected chi connectivity index (χ3v) is 3.68. The van der Waals surface area contributed by atoms with Gasteiger partial charge in [-0.2, -0.15) is 0 Å². The SMILES string of the molecule is Cc1ccc(C(=O)NCc2ccccc2)cc1NS(C)(=O)=O. The number of carbonyl (C=O) groups is 1. The number of amides is 1. The molecule has 0 aromatic heterocycles.